The molecule has 0 bridgehead atoms. The molecule has 1 fully saturated rings. The number of carbonyl (C=O) groups is 3. The van der Waals surface area contributed by atoms with E-state index in [1.54, 1.807) is 13.0 Å². The van der Waals surface area contributed by atoms with Crippen LogP contribution in [-0.2, 0) is 19.1 Å². The third-order valence-corrected chi connectivity index (χ3v) is 5.48. The standard InChI is InChI=1S/C19H19NO5S2/c1-2-24-19(23)17-14(13-4-5-13)11-27-18(17)20-15(21)9-25-16(22)6-3-12-7-8-26-10-12/h3,6-8,10-11,13H,2,4-5,9H2,1H3,(H,20,21)/b6-3+. The molecule has 3 rings (SSSR count). The zero-order valence-corrected chi connectivity index (χ0v) is 16.4. The molecule has 2 heterocycles. The Kier molecular flexibility index (Phi) is 6.41. The van der Waals surface area contributed by atoms with Crippen molar-refractivity contribution in [2.75, 3.05) is 18.5 Å². The van der Waals surface area contributed by atoms with Crippen LogP contribution in [0.4, 0.5) is 5.00 Å². The zero-order chi connectivity index (χ0) is 19.2. The number of hydrogen-bond donors (Lipinski definition) is 1. The third-order valence-electron chi connectivity index (χ3n) is 3.87. The summed E-state index contributed by atoms with van der Waals surface area (Å²) >= 11 is 2.81. The quantitative estimate of drug-likeness (QED) is 0.529. The minimum absolute atomic E-state index is 0.264. The van der Waals surface area contributed by atoms with Gasteiger partial charge in [-0.15, -0.1) is 11.3 Å². The van der Waals surface area contributed by atoms with Crippen molar-refractivity contribution >= 4 is 51.6 Å². The van der Waals surface area contributed by atoms with Crippen molar-refractivity contribution < 1.29 is 23.9 Å². The molecule has 0 unspecified atom stereocenters. The molecule has 0 radical (unpaired) electrons. The van der Waals surface area contributed by atoms with E-state index in [0.717, 1.165) is 24.0 Å². The first-order valence-electron chi connectivity index (χ1n) is 8.54. The summed E-state index contributed by atoms with van der Waals surface area (Å²) in [5.41, 5.74) is 2.23. The number of carbonyl (C=O) groups excluding carboxylic acids is 3. The van der Waals surface area contributed by atoms with E-state index in [2.05, 4.69) is 5.32 Å². The van der Waals surface area contributed by atoms with Gasteiger partial charge in [-0.1, -0.05) is 0 Å². The van der Waals surface area contributed by atoms with Gasteiger partial charge in [-0.3, -0.25) is 4.79 Å². The Labute approximate surface area is 164 Å². The van der Waals surface area contributed by atoms with Gasteiger partial charge in [-0.2, -0.15) is 11.3 Å². The maximum atomic E-state index is 12.3. The summed E-state index contributed by atoms with van der Waals surface area (Å²) in [5.74, 6) is -1.19. The summed E-state index contributed by atoms with van der Waals surface area (Å²) in [6, 6.07) is 1.87. The van der Waals surface area contributed by atoms with Crippen molar-refractivity contribution in [1.29, 1.82) is 0 Å². The average Bonchev–Trinajstić information content (AvgIpc) is 3.19. The molecule has 2 aromatic rings. The normalized spacial score (nSPS) is 13.5. The van der Waals surface area contributed by atoms with Crippen LogP contribution in [0.5, 0.6) is 0 Å². The van der Waals surface area contributed by atoms with E-state index in [1.807, 2.05) is 22.2 Å². The molecule has 2 aromatic heterocycles. The van der Waals surface area contributed by atoms with Crippen LogP contribution in [0.25, 0.3) is 6.08 Å². The van der Waals surface area contributed by atoms with E-state index in [-0.39, 0.29) is 6.61 Å². The van der Waals surface area contributed by atoms with Gasteiger partial charge in [0.15, 0.2) is 6.61 Å². The number of thiophene rings is 2. The smallest absolute Gasteiger partial charge is 0.341 e. The summed E-state index contributed by atoms with van der Waals surface area (Å²) in [4.78, 5) is 36.1. The minimum atomic E-state index is -0.605. The molecule has 0 atom stereocenters. The largest absolute Gasteiger partial charge is 0.462 e. The van der Waals surface area contributed by atoms with E-state index < -0.39 is 24.5 Å². The van der Waals surface area contributed by atoms with Crippen molar-refractivity contribution in [3.05, 3.63) is 45.0 Å². The molecule has 1 amide bonds. The van der Waals surface area contributed by atoms with Gasteiger partial charge in [-0.05, 0) is 65.1 Å². The Morgan fingerprint density at radius 1 is 1.26 bits per heavy atom. The first kappa shape index (κ1) is 19.3. The molecule has 1 saturated carbocycles. The number of amides is 1. The molecule has 27 heavy (non-hydrogen) atoms. The van der Waals surface area contributed by atoms with Crippen LogP contribution in [-0.4, -0.2) is 31.1 Å². The molecular weight excluding hydrogens is 386 g/mol. The summed E-state index contributed by atoms with van der Waals surface area (Å²) in [5, 5.41) is 8.77. The predicted molar refractivity (Wildman–Crippen MR) is 105 cm³/mol. The van der Waals surface area contributed by atoms with E-state index in [1.165, 1.54) is 28.7 Å². The lowest BCUT2D eigenvalue weighted by molar-refractivity contribution is -0.142. The Morgan fingerprint density at radius 3 is 2.74 bits per heavy atom. The van der Waals surface area contributed by atoms with Crippen LogP contribution in [0.1, 0.15) is 47.2 Å². The first-order valence-corrected chi connectivity index (χ1v) is 10.4. The van der Waals surface area contributed by atoms with Crippen molar-refractivity contribution in [3.8, 4) is 0 Å². The highest BCUT2D eigenvalue weighted by Crippen LogP contribution is 2.46. The van der Waals surface area contributed by atoms with Gasteiger partial charge in [0.2, 0.25) is 0 Å². The molecule has 0 saturated heterocycles. The van der Waals surface area contributed by atoms with Crippen LogP contribution >= 0.6 is 22.7 Å². The van der Waals surface area contributed by atoms with Crippen LogP contribution in [0.2, 0.25) is 0 Å². The van der Waals surface area contributed by atoms with Gasteiger partial charge in [0, 0.05) is 6.08 Å². The zero-order valence-electron chi connectivity index (χ0n) is 14.7. The molecule has 0 aromatic carbocycles. The highest BCUT2D eigenvalue weighted by molar-refractivity contribution is 7.15. The lowest BCUT2D eigenvalue weighted by atomic mass is 10.1. The lowest BCUT2D eigenvalue weighted by Gasteiger charge is -2.08. The lowest BCUT2D eigenvalue weighted by Crippen LogP contribution is -2.21. The maximum absolute atomic E-state index is 12.3. The SMILES string of the molecule is CCOC(=O)c1c(C2CC2)csc1NC(=O)COC(=O)/C=C/c1ccsc1. The maximum Gasteiger partial charge on any atom is 0.341 e. The van der Waals surface area contributed by atoms with Gasteiger partial charge < -0.3 is 14.8 Å². The number of anilines is 1. The molecule has 6 nitrogen and oxygen atoms in total. The number of esters is 2. The second-order valence-electron chi connectivity index (χ2n) is 5.94. The van der Waals surface area contributed by atoms with Crippen molar-refractivity contribution in [1.82, 2.24) is 0 Å². The number of rotatable bonds is 8. The molecule has 8 heteroatoms. The fraction of sp³-hybridized carbons (Fsp3) is 0.316. The van der Waals surface area contributed by atoms with Crippen LogP contribution in [0, 0.1) is 0 Å². The van der Waals surface area contributed by atoms with Gasteiger partial charge in [0.1, 0.15) is 5.00 Å². The molecule has 0 aliphatic heterocycles. The second-order valence-corrected chi connectivity index (χ2v) is 7.60. The van der Waals surface area contributed by atoms with Gasteiger partial charge in [-0.25, -0.2) is 9.59 Å². The summed E-state index contributed by atoms with van der Waals surface area (Å²) < 4.78 is 10.1. The van der Waals surface area contributed by atoms with E-state index in [9.17, 15) is 14.4 Å². The fourth-order valence-electron chi connectivity index (χ4n) is 2.45. The number of nitrogens with one attached hydrogen (secondary N) is 1. The Hall–Kier alpha value is -2.45. The molecule has 1 N–H and O–H groups in total. The fourth-order valence-corrected chi connectivity index (χ4v) is 4.13. The Morgan fingerprint density at radius 2 is 2.07 bits per heavy atom. The van der Waals surface area contributed by atoms with Crippen LogP contribution in [0.15, 0.2) is 28.3 Å². The molecule has 0 spiro atoms. The van der Waals surface area contributed by atoms with E-state index >= 15 is 0 Å². The molecule has 142 valence electrons. The summed E-state index contributed by atoms with van der Waals surface area (Å²) in [6.45, 7) is 1.58. The number of ether oxygens (including phenoxy) is 2. The number of hydrogen-bond acceptors (Lipinski definition) is 7. The van der Waals surface area contributed by atoms with E-state index in [4.69, 9.17) is 9.47 Å². The Bertz CT molecular complexity index is 850. The first-order chi connectivity index (χ1) is 13.1. The Balaban J connectivity index is 1.57. The molecule has 1 aliphatic rings. The van der Waals surface area contributed by atoms with Gasteiger partial charge >= 0.3 is 11.9 Å². The average molecular weight is 405 g/mol. The second kappa shape index (κ2) is 8.96. The van der Waals surface area contributed by atoms with Crippen LogP contribution < -0.4 is 5.32 Å². The van der Waals surface area contributed by atoms with E-state index in [0.29, 0.717) is 16.5 Å². The monoisotopic (exact) mass is 405 g/mol. The van der Waals surface area contributed by atoms with Gasteiger partial charge in [0.25, 0.3) is 5.91 Å². The minimum Gasteiger partial charge on any atom is -0.462 e. The van der Waals surface area contributed by atoms with Crippen molar-refractivity contribution in [3.63, 3.8) is 0 Å². The third kappa shape index (κ3) is 5.27. The highest BCUT2D eigenvalue weighted by atomic mass is 32.1. The topological polar surface area (TPSA) is 81.7 Å². The van der Waals surface area contributed by atoms with Crippen molar-refractivity contribution in [2.45, 2.75) is 25.7 Å². The summed E-state index contributed by atoms with van der Waals surface area (Å²) in [6.07, 6.45) is 4.96. The molecular formula is C19H19NO5S2. The van der Waals surface area contributed by atoms with Gasteiger partial charge in [0.05, 0.1) is 12.2 Å². The predicted octanol–water partition coefficient (Wildman–Crippen LogP) is 4.06. The van der Waals surface area contributed by atoms with Crippen LogP contribution in [0.3, 0.4) is 0 Å². The van der Waals surface area contributed by atoms with Crippen molar-refractivity contribution in [2.24, 2.45) is 0 Å². The summed E-state index contributed by atoms with van der Waals surface area (Å²) in [7, 11) is 0. The molecule has 1 aliphatic carbocycles. The highest BCUT2D eigenvalue weighted by Gasteiger charge is 2.32.